The van der Waals surface area contributed by atoms with Crippen LogP contribution in [-0.2, 0) is 9.59 Å². The van der Waals surface area contributed by atoms with E-state index < -0.39 is 0 Å². The van der Waals surface area contributed by atoms with E-state index in [9.17, 15) is 9.59 Å². The SMILES string of the molecule is CC(=O)CCC(C(=O)C1CCC1C)c1coc2ccc3cc(OCCN4CC5CC5C4)ccc3c12. The second-order valence-electron chi connectivity index (χ2n) is 11.2. The van der Waals surface area contributed by atoms with E-state index in [1.807, 2.05) is 12.1 Å². The van der Waals surface area contributed by atoms with E-state index >= 15 is 0 Å². The van der Waals surface area contributed by atoms with Crippen LogP contribution in [0.1, 0.15) is 57.4 Å². The molecule has 6 rings (SSSR count). The Hall–Kier alpha value is -2.66. The summed E-state index contributed by atoms with van der Waals surface area (Å²) in [7, 11) is 0. The molecule has 3 aliphatic rings. The first-order valence-electron chi connectivity index (χ1n) is 13.3. The molecule has 5 atom stereocenters. The predicted molar refractivity (Wildman–Crippen MR) is 137 cm³/mol. The van der Waals surface area contributed by atoms with Crippen LogP contribution in [0.4, 0.5) is 0 Å². The van der Waals surface area contributed by atoms with Gasteiger partial charge in [0, 0.05) is 48.8 Å². The van der Waals surface area contributed by atoms with Gasteiger partial charge in [-0.15, -0.1) is 0 Å². The Balaban J connectivity index is 1.26. The minimum absolute atomic E-state index is 0.0911. The number of rotatable bonds is 10. The van der Waals surface area contributed by atoms with E-state index in [1.165, 1.54) is 19.5 Å². The molecule has 1 aromatic heterocycles. The summed E-state index contributed by atoms with van der Waals surface area (Å²) < 4.78 is 12.1. The van der Waals surface area contributed by atoms with E-state index in [4.69, 9.17) is 9.15 Å². The van der Waals surface area contributed by atoms with Crippen molar-refractivity contribution in [3.8, 4) is 5.75 Å². The number of nitrogens with zero attached hydrogens (tertiary/aromatic N) is 1. The van der Waals surface area contributed by atoms with Gasteiger partial charge in [-0.2, -0.15) is 0 Å². The Morgan fingerprint density at radius 1 is 1.14 bits per heavy atom. The third-order valence-electron chi connectivity index (χ3n) is 8.77. The first-order chi connectivity index (χ1) is 17.0. The summed E-state index contributed by atoms with van der Waals surface area (Å²) in [5.74, 6) is 3.36. The van der Waals surface area contributed by atoms with Crippen LogP contribution in [0.3, 0.4) is 0 Å². The molecule has 2 aliphatic carbocycles. The van der Waals surface area contributed by atoms with E-state index in [0.717, 1.165) is 64.3 Å². The maximum absolute atomic E-state index is 13.6. The highest BCUT2D eigenvalue weighted by Crippen LogP contribution is 2.45. The van der Waals surface area contributed by atoms with Gasteiger partial charge in [0.05, 0.1) is 6.26 Å². The molecule has 5 heteroatoms. The first kappa shape index (κ1) is 22.8. The monoisotopic (exact) mass is 473 g/mol. The zero-order valence-corrected chi connectivity index (χ0v) is 20.8. The quantitative estimate of drug-likeness (QED) is 0.362. The predicted octanol–water partition coefficient (Wildman–Crippen LogP) is 5.98. The van der Waals surface area contributed by atoms with Crippen LogP contribution in [0.25, 0.3) is 21.7 Å². The number of hydrogen-bond donors (Lipinski definition) is 0. The molecule has 35 heavy (non-hydrogen) atoms. The first-order valence-corrected chi connectivity index (χ1v) is 13.3. The van der Waals surface area contributed by atoms with Crippen LogP contribution in [0.15, 0.2) is 41.0 Å². The molecule has 5 nitrogen and oxygen atoms in total. The van der Waals surface area contributed by atoms with Crippen molar-refractivity contribution in [3.63, 3.8) is 0 Å². The number of benzene rings is 2. The highest BCUT2D eigenvalue weighted by atomic mass is 16.5. The summed E-state index contributed by atoms with van der Waals surface area (Å²) in [6.45, 7) is 7.91. The molecule has 0 amide bonds. The minimum Gasteiger partial charge on any atom is -0.492 e. The smallest absolute Gasteiger partial charge is 0.143 e. The summed E-state index contributed by atoms with van der Waals surface area (Å²) in [6.07, 6.45) is 6.18. The highest BCUT2D eigenvalue weighted by molar-refractivity contribution is 6.09. The van der Waals surface area contributed by atoms with Gasteiger partial charge in [-0.25, -0.2) is 0 Å². The van der Waals surface area contributed by atoms with Crippen LogP contribution in [0, 0.1) is 23.7 Å². The number of Topliss-reactive ketones (excluding diaryl/α,β-unsaturated/α-hetero) is 2. The number of fused-ring (bicyclic) bond motifs is 4. The fourth-order valence-corrected chi connectivity index (χ4v) is 6.33. The number of piperidine rings is 1. The molecule has 0 radical (unpaired) electrons. The minimum atomic E-state index is -0.305. The Labute approximate surface area is 206 Å². The van der Waals surface area contributed by atoms with E-state index in [0.29, 0.717) is 25.4 Å². The van der Waals surface area contributed by atoms with Crippen LogP contribution >= 0.6 is 0 Å². The van der Waals surface area contributed by atoms with Crippen molar-refractivity contribution in [3.05, 3.63) is 42.2 Å². The normalized spacial score (nSPS) is 26.5. The molecule has 1 aliphatic heterocycles. The second kappa shape index (κ2) is 9.09. The Kier molecular flexibility index (Phi) is 5.92. The molecule has 0 bridgehead atoms. The molecular weight excluding hydrogens is 438 g/mol. The second-order valence-corrected chi connectivity index (χ2v) is 11.2. The van der Waals surface area contributed by atoms with Crippen LogP contribution in [0.2, 0.25) is 0 Å². The third kappa shape index (κ3) is 4.40. The van der Waals surface area contributed by atoms with Gasteiger partial charge in [0.1, 0.15) is 29.5 Å². The fraction of sp³-hybridized carbons (Fsp3) is 0.533. The van der Waals surface area contributed by atoms with E-state index in [1.54, 1.807) is 13.2 Å². The van der Waals surface area contributed by atoms with E-state index in [-0.39, 0.29) is 23.4 Å². The van der Waals surface area contributed by atoms with Gasteiger partial charge < -0.3 is 13.9 Å². The number of carbonyl (C=O) groups excluding carboxylic acids is 2. The Morgan fingerprint density at radius 2 is 1.97 bits per heavy atom. The maximum atomic E-state index is 13.6. The molecule has 0 N–H and O–H groups in total. The highest BCUT2D eigenvalue weighted by Gasteiger charge is 2.44. The van der Waals surface area contributed by atoms with Crippen molar-refractivity contribution in [1.82, 2.24) is 4.90 Å². The van der Waals surface area contributed by atoms with Crippen LogP contribution in [-0.4, -0.2) is 42.7 Å². The molecule has 5 unspecified atom stereocenters. The maximum Gasteiger partial charge on any atom is 0.143 e. The van der Waals surface area contributed by atoms with Gasteiger partial charge in [0.2, 0.25) is 0 Å². The van der Waals surface area contributed by atoms with Crippen molar-refractivity contribution < 1.29 is 18.7 Å². The largest absolute Gasteiger partial charge is 0.492 e. The number of likely N-dealkylation sites (tertiary alicyclic amines) is 1. The zero-order valence-electron chi connectivity index (χ0n) is 20.8. The lowest BCUT2D eigenvalue weighted by Gasteiger charge is -2.35. The molecule has 2 saturated carbocycles. The van der Waals surface area contributed by atoms with Crippen LogP contribution in [0.5, 0.6) is 5.75 Å². The number of ether oxygens (including phenoxy) is 1. The lowest BCUT2D eigenvalue weighted by Crippen LogP contribution is -2.34. The number of hydrogen-bond acceptors (Lipinski definition) is 5. The lowest BCUT2D eigenvalue weighted by atomic mass is 9.68. The average Bonchev–Trinajstić information content (AvgIpc) is 3.23. The Bertz CT molecular complexity index is 1270. The summed E-state index contributed by atoms with van der Waals surface area (Å²) in [4.78, 5) is 27.9. The molecule has 3 fully saturated rings. The van der Waals surface area contributed by atoms with Gasteiger partial charge in [0.25, 0.3) is 0 Å². The summed E-state index contributed by atoms with van der Waals surface area (Å²) in [5, 5.41) is 3.15. The molecule has 2 heterocycles. The zero-order chi connectivity index (χ0) is 24.1. The topological polar surface area (TPSA) is 59.8 Å². The van der Waals surface area contributed by atoms with Crippen LogP contribution < -0.4 is 4.74 Å². The molecular formula is C30H35NO4. The van der Waals surface area contributed by atoms with E-state index in [2.05, 4.69) is 30.0 Å². The van der Waals surface area contributed by atoms with Gasteiger partial charge >= 0.3 is 0 Å². The van der Waals surface area contributed by atoms with Crippen molar-refractivity contribution >= 4 is 33.3 Å². The Morgan fingerprint density at radius 3 is 2.69 bits per heavy atom. The molecule has 3 aromatic rings. The van der Waals surface area contributed by atoms with Gasteiger partial charge in [0.15, 0.2) is 0 Å². The van der Waals surface area contributed by atoms with Gasteiger partial charge in [-0.1, -0.05) is 13.0 Å². The van der Waals surface area contributed by atoms with Gasteiger partial charge in [-0.05, 0) is 85.4 Å². The number of furan rings is 1. The molecule has 184 valence electrons. The third-order valence-corrected chi connectivity index (χ3v) is 8.77. The summed E-state index contributed by atoms with van der Waals surface area (Å²) >= 11 is 0. The number of carbonyl (C=O) groups is 2. The van der Waals surface area contributed by atoms with Crippen molar-refractivity contribution in [2.75, 3.05) is 26.2 Å². The molecule has 1 saturated heterocycles. The standard InChI is InChI=1S/C30H35NO4/c1-18-3-7-24(18)30(33)26(8-4-19(2)32)27-17-35-28-10-5-20-14-23(6-9-25(20)29(27)28)34-12-11-31-15-21-13-22(21)16-31/h5-6,9-10,14,17-18,21-22,24,26H,3-4,7-8,11-13,15-16H2,1-2H3. The summed E-state index contributed by atoms with van der Waals surface area (Å²) in [5.41, 5.74) is 1.72. The fourth-order valence-electron chi connectivity index (χ4n) is 6.33. The van der Waals surface area contributed by atoms with Crippen molar-refractivity contribution in [1.29, 1.82) is 0 Å². The summed E-state index contributed by atoms with van der Waals surface area (Å²) in [6, 6.07) is 10.3. The lowest BCUT2D eigenvalue weighted by molar-refractivity contribution is -0.129. The number of ketones is 2. The van der Waals surface area contributed by atoms with Crippen molar-refractivity contribution in [2.45, 2.75) is 51.9 Å². The average molecular weight is 474 g/mol. The molecule has 2 aromatic carbocycles. The molecule has 0 spiro atoms. The van der Waals surface area contributed by atoms with Crippen molar-refractivity contribution in [2.24, 2.45) is 23.7 Å². The van der Waals surface area contributed by atoms with Gasteiger partial charge in [-0.3, -0.25) is 9.69 Å².